The van der Waals surface area contributed by atoms with Crippen LogP contribution in [0, 0.1) is 0 Å². The molecule has 2 heterocycles. The molecule has 2 aromatic carbocycles. The van der Waals surface area contributed by atoms with Gasteiger partial charge in [-0.2, -0.15) is 0 Å². The SMILES string of the molecule is Cn1c(Nc2ccc(Cl)c(Cl)c2)nc2cc(Oc3ccnc(/C=N/O)c3)ccc21. The lowest BCUT2D eigenvalue weighted by atomic mass is 10.3. The third kappa shape index (κ3) is 4.11. The Labute approximate surface area is 176 Å². The van der Waals surface area contributed by atoms with Crippen molar-refractivity contribution in [1.29, 1.82) is 0 Å². The number of hydrogen-bond donors (Lipinski definition) is 2. The molecule has 9 heteroatoms. The molecule has 0 aliphatic carbocycles. The summed E-state index contributed by atoms with van der Waals surface area (Å²) in [5, 5.41) is 15.8. The van der Waals surface area contributed by atoms with Gasteiger partial charge in [-0.25, -0.2) is 4.98 Å². The number of pyridine rings is 1. The van der Waals surface area contributed by atoms with Crippen LogP contribution in [0.3, 0.4) is 0 Å². The summed E-state index contributed by atoms with van der Waals surface area (Å²) in [6.07, 6.45) is 2.81. The van der Waals surface area contributed by atoms with Gasteiger partial charge in [-0.3, -0.25) is 4.98 Å². The molecule has 0 unspecified atom stereocenters. The molecule has 0 amide bonds. The Balaban J connectivity index is 1.61. The molecule has 4 rings (SSSR count). The molecule has 4 aromatic rings. The van der Waals surface area contributed by atoms with E-state index in [1.807, 2.05) is 35.9 Å². The number of nitrogens with zero attached hydrogens (tertiary/aromatic N) is 4. The Morgan fingerprint density at radius 3 is 2.69 bits per heavy atom. The number of hydrogen-bond acceptors (Lipinski definition) is 6. The van der Waals surface area contributed by atoms with Crippen molar-refractivity contribution in [3.63, 3.8) is 0 Å². The molecule has 0 saturated carbocycles. The Hall–Kier alpha value is -3.29. The van der Waals surface area contributed by atoms with Gasteiger partial charge in [0.15, 0.2) is 0 Å². The maximum atomic E-state index is 8.64. The maximum Gasteiger partial charge on any atom is 0.208 e. The Morgan fingerprint density at radius 2 is 1.90 bits per heavy atom. The summed E-state index contributed by atoms with van der Waals surface area (Å²) in [5.74, 6) is 1.84. The van der Waals surface area contributed by atoms with Gasteiger partial charge in [0, 0.05) is 31.1 Å². The predicted molar refractivity (Wildman–Crippen MR) is 114 cm³/mol. The zero-order chi connectivity index (χ0) is 20.4. The Morgan fingerprint density at radius 1 is 1.07 bits per heavy atom. The molecule has 0 saturated heterocycles. The zero-order valence-electron chi connectivity index (χ0n) is 15.2. The van der Waals surface area contributed by atoms with E-state index in [9.17, 15) is 0 Å². The van der Waals surface area contributed by atoms with Gasteiger partial charge in [-0.05, 0) is 36.4 Å². The second-order valence-corrected chi connectivity index (χ2v) is 6.98. The van der Waals surface area contributed by atoms with Crippen LogP contribution in [0.1, 0.15) is 5.69 Å². The molecule has 7 nitrogen and oxygen atoms in total. The molecule has 2 N–H and O–H groups in total. The number of imidazole rings is 1. The molecule has 0 fully saturated rings. The van der Waals surface area contributed by atoms with E-state index in [-0.39, 0.29) is 0 Å². The third-order valence-electron chi connectivity index (χ3n) is 4.21. The molecular weight excluding hydrogens is 413 g/mol. The van der Waals surface area contributed by atoms with E-state index in [2.05, 4.69) is 20.4 Å². The van der Waals surface area contributed by atoms with Crippen molar-refractivity contribution in [2.45, 2.75) is 0 Å². The molecule has 0 atom stereocenters. The number of benzene rings is 2. The lowest BCUT2D eigenvalue weighted by Crippen LogP contribution is -1.98. The Kier molecular flexibility index (Phi) is 5.24. The van der Waals surface area contributed by atoms with E-state index in [0.29, 0.717) is 33.2 Å². The highest BCUT2D eigenvalue weighted by atomic mass is 35.5. The van der Waals surface area contributed by atoms with Crippen LogP contribution < -0.4 is 10.1 Å². The summed E-state index contributed by atoms with van der Waals surface area (Å²) >= 11 is 12.1. The summed E-state index contributed by atoms with van der Waals surface area (Å²) < 4.78 is 7.82. The average molecular weight is 428 g/mol. The fraction of sp³-hybridized carbons (Fsp3) is 0.0500. The minimum Gasteiger partial charge on any atom is -0.457 e. The fourth-order valence-corrected chi connectivity index (χ4v) is 3.11. The Bertz CT molecular complexity index is 1220. The number of ether oxygens (including phenoxy) is 1. The van der Waals surface area contributed by atoms with E-state index in [1.54, 1.807) is 30.5 Å². The van der Waals surface area contributed by atoms with Gasteiger partial charge >= 0.3 is 0 Å². The first kappa shape index (κ1) is 19.0. The third-order valence-corrected chi connectivity index (χ3v) is 4.95. The number of aryl methyl sites for hydroxylation is 1. The predicted octanol–water partition coefficient (Wildman–Crippen LogP) is 5.62. The molecule has 0 spiro atoms. The van der Waals surface area contributed by atoms with Crippen LogP contribution in [0.4, 0.5) is 11.6 Å². The van der Waals surface area contributed by atoms with Crippen molar-refractivity contribution < 1.29 is 9.94 Å². The van der Waals surface area contributed by atoms with Gasteiger partial charge in [0.2, 0.25) is 5.95 Å². The van der Waals surface area contributed by atoms with Gasteiger partial charge in [-0.1, -0.05) is 28.4 Å². The molecule has 146 valence electrons. The van der Waals surface area contributed by atoms with Crippen LogP contribution in [0.25, 0.3) is 11.0 Å². The number of oxime groups is 1. The lowest BCUT2D eigenvalue weighted by Gasteiger charge is -2.07. The number of nitrogens with one attached hydrogen (secondary N) is 1. The van der Waals surface area contributed by atoms with Gasteiger partial charge in [-0.15, -0.1) is 0 Å². The van der Waals surface area contributed by atoms with Crippen molar-refractivity contribution in [3.8, 4) is 11.5 Å². The topological polar surface area (TPSA) is 84.6 Å². The maximum absolute atomic E-state index is 8.64. The smallest absolute Gasteiger partial charge is 0.208 e. The van der Waals surface area contributed by atoms with Crippen molar-refractivity contribution in [1.82, 2.24) is 14.5 Å². The number of aromatic nitrogens is 3. The molecular formula is C20H15Cl2N5O2. The standard InChI is InChI=1S/C20H15Cl2N5O2/c1-27-19-5-3-14(29-15-6-7-23-13(8-15)11-24-28)10-18(19)26-20(27)25-12-2-4-16(21)17(22)9-12/h2-11,28H,1H3,(H,25,26)/b24-11+. The summed E-state index contributed by atoms with van der Waals surface area (Å²) in [4.78, 5) is 8.69. The molecule has 0 aliphatic rings. The molecule has 0 aliphatic heterocycles. The van der Waals surface area contributed by atoms with E-state index in [0.717, 1.165) is 16.7 Å². The van der Waals surface area contributed by atoms with Crippen LogP contribution >= 0.6 is 23.2 Å². The second kappa shape index (κ2) is 7.98. The van der Waals surface area contributed by atoms with Gasteiger partial charge in [0.05, 0.1) is 33.0 Å². The van der Waals surface area contributed by atoms with Crippen molar-refractivity contribution >= 4 is 52.1 Å². The largest absolute Gasteiger partial charge is 0.457 e. The first-order valence-corrected chi connectivity index (χ1v) is 9.29. The van der Waals surface area contributed by atoms with E-state index < -0.39 is 0 Å². The zero-order valence-corrected chi connectivity index (χ0v) is 16.7. The normalized spacial score (nSPS) is 11.3. The van der Waals surface area contributed by atoms with E-state index >= 15 is 0 Å². The number of anilines is 2. The van der Waals surface area contributed by atoms with Crippen LogP contribution in [-0.4, -0.2) is 26.0 Å². The van der Waals surface area contributed by atoms with Gasteiger partial charge in [0.25, 0.3) is 0 Å². The monoisotopic (exact) mass is 427 g/mol. The minimum absolute atomic E-state index is 0.467. The van der Waals surface area contributed by atoms with E-state index in [1.165, 1.54) is 6.21 Å². The van der Waals surface area contributed by atoms with Crippen molar-refractivity contribution in [3.05, 3.63) is 70.5 Å². The molecule has 29 heavy (non-hydrogen) atoms. The average Bonchev–Trinajstić information content (AvgIpc) is 3.00. The molecule has 2 aromatic heterocycles. The highest BCUT2D eigenvalue weighted by Gasteiger charge is 2.10. The van der Waals surface area contributed by atoms with Crippen LogP contribution in [0.15, 0.2) is 59.9 Å². The van der Waals surface area contributed by atoms with Crippen molar-refractivity contribution in [2.24, 2.45) is 12.2 Å². The molecule has 0 radical (unpaired) electrons. The fourth-order valence-electron chi connectivity index (χ4n) is 2.82. The van der Waals surface area contributed by atoms with Crippen LogP contribution in [0.2, 0.25) is 10.0 Å². The number of fused-ring (bicyclic) bond motifs is 1. The van der Waals surface area contributed by atoms with Crippen molar-refractivity contribution in [2.75, 3.05) is 5.32 Å². The first-order valence-electron chi connectivity index (χ1n) is 8.53. The van der Waals surface area contributed by atoms with Crippen LogP contribution in [-0.2, 0) is 7.05 Å². The lowest BCUT2D eigenvalue weighted by molar-refractivity contribution is 0.321. The van der Waals surface area contributed by atoms with Gasteiger partial charge < -0.3 is 19.8 Å². The summed E-state index contributed by atoms with van der Waals surface area (Å²) in [5.41, 5.74) is 2.96. The van der Waals surface area contributed by atoms with Gasteiger partial charge in [0.1, 0.15) is 11.5 Å². The van der Waals surface area contributed by atoms with E-state index in [4.69, 9.17) is 33.1 Å². The summed E-state index contributed by atoms with van der Waals surface area (Å²) in [7, 11) is 1.92. The minimum atomic E-state index is 0.467. The highest BCUT2D eigenvalue weighted by molar-refractivity contribution is 6.42. The highest BCUT2D eigenvalue weighted by Crippen LogP contribution is 2.30. The number of halogens is 2. The summed E-state index contributed by atoms with van der Waals surface area (Å²) in [6, 6.07) is 14.3. The molecule has 0 bridgehead atoms. The quantitative estimate of drug-likeness (QED) is 0.245. The second-order valence-electron chi connectivity index (χ2n) is 6.16. The first-order chi connectivity index (χ1) is 14.0. The van der Waals surface area contributed by atoms with Crippen LogP contribution in [0.5, 0.6) is 11.5 Å². The number of rotatable bonds is 5. The summed E-state index contributed by atoms with van der Waals surface area (Å²) in [6.45, 7) is 0.